The molecular weight excluding hydrogens is 1700 g/mol. The van der Waals surface area contributed by atoms with Crippen LogP contribution in [0.15, 0.2) is 81.6 Å². The number of furan rings is 2. The van der Waals surface area contributed by atoms with Crippen molar-refractivity contribution >= 4 is 113 Å². The van der Waals surface area contributed by atoms with Crippen LogP contribution in [0.2, 0.25) is 0 Å². The fourth-order valence-electron chi connectivity index (χ4n) is 18.8. The molecule has 8 aromatic heterocycles. The summed E-state index contributed by atoms with van der Waals surface area (Å²) >= 11 is 8.91. The molecule has 18 heteroatoms. The number of aryl methyl sites for hydroxylation is 2. The smallest absolute Gasteiger partial charge is 0.175 e. The van der Waals surface area contributed by atoms with Gasteiger partial charge in [-0.3, -0.25) is 0 Å². The van der Waals surface area contributed by atoms with Crippen molar-refractivity contribution in [3.05, 3.63) is 106 Å². The van der Waals surface area contributed by atoms with Gasteiger partial charge in [0.25, 0.3) is 0 Å². The van der Waals surface area contributed by atoms with Gasteiger partial charge < -0.3 is 27.8 Å². The van der Waals surface area contributed by atoms with Gasteiger partial charge in [-0.15, -0.1) is 45.3 Å². The van der Waals surface area contributed by atoms with Crippen LogP contribution < -0.4 is 18.9 Å². The van der Waals surface area contributed by atoms with E-state index < -0.39 is 11.6 Å². The number of aromatic nitrogens is 4. The zero-order chi connectivity index (χ0) is 89.6. The highest BCUT2D eigenvalue weighted by atomic mass is 32.1. The van der Waals surface area contributed by atoms with Crippen molar-refractivity contribution in [3.63, 3.8) is 0 Å². The van der Waals surface area contributed by atoms with Gasteiger partial charge in [-0.1, -0.05) is 338 Å². The van der Waals surface area contributed by atoms with Crippen LogP contribution in [0.1, 0.15) is 385 Å². The Labute approximate surface area is 791 Å². The zero-order valence-corrected chi connectivity index (χ0v) is 84.6. The molecule has 0 spiro atoms. The quantitative estimate of drug-likeness (QED) is 0.0341. The Kier molecular flexibility index (Phi) is 42.8. The summed E-state index contributed by atoms with van der Waals surface area (Å²) < 4.78 is 99.5. The van der Waals surface area contributed by atoms with Crippen molar-refractivity contribution in [3.8, 4) is 97.0 Å². The number of unbranched alkanes of at least 4 members (excludes halogenated alkanes) is 38. The maximum Gasteiger partial charge on any atom is 0.175 e. The lowest BCUT2D eigenvalue weighted by Crippen LogP contribution is -2.06. The van der Waals surface area contributed by atoms with E-state index in [1.165, 1.54) is 275 Å². The van der Waals surface area contributed by atoms with Crippen molar-refractivity contribution in [1.82, 2.24) is 17.5 Å². The monoisotopic (exact) mass is 1860 g/mol. The summed E-state index contributed by atoms with van der Waals surface area (Å²) in [4.78, 5) is 7.81. The van der Waals surface area contributed by atoms with Gasteiger partial charge in [0.2, 0.25) is 0 Å². The van der Waals surface area contributed by atoms with E-state index >= 15 is 8.78 Å². The molecule has 0 bridgehead atoms. The summed E-state index contributed by atoms with van der Waals surface area (Å²) in [6, 6.07) is 25.1. The number of nitrogens with zero attached hydrogens (tertiary/aromatic N) is 4. The molecule has 0 aliphatic rings. The minimum absolute atomic E-state index is 0.170. The Morgan fingerprint density at radius 3 is 1.00 bits per heavy atom. The van der Waals surface area contributed by atoms with Crippen molar-refractivity contribution in [2.24, 2.45) is 11.8 Å². The average molecular weight is 1860 g/mol. The van der Waals surface area contributed by atoms with E-state index in [4.69, 9.17) is 45.3 Å². The Hall–Kier alpha value is -6.54. The lowest BCUT2D eigenvalue weighted by Gasteiger charge is -2.20. The molecule has 0 fully saturated rings. The molecule has 12 rings (SSSR count). The maximum atomic E-state index is 17.8. The molecule has 0 amide bonds. The molecule has 10 nitrogen and oxygen atoms in total. The number of benzene rings is 4. The second-order valence-corrected chi connectivity index (χ2v) is 42.3. The first-order valence-electron chi connectivity index (χ1n) is 50.9. The van der Waals surface area contributed by atoms with Crippen LogP contribution in [0.5, 0.6) is 23.0 Å². The maximum absolute atomic E-state index is 17.8. The summed E-state index contributed by atoms with van der Waals surface area (Å²) in [7, 11) is 0. The Balaban J connectivity index is 0.928. The van der Waals surface area contributed by atoms with E-state index in [0.717, 1.165) is 188 Å². The van der Waals surface area contributed by atoms with E-state index in [0.29, 0.717) is 93.4 Å². The van der Waals surface area contributed by atoms with Crippen LogP contribution in [0.25, 0.3) is 118 Å². The van der Waals surface area contributed by atoms with Gasteiger partial charge in [0, 0.05) is 77.6 Å². The number of hydrogen-bond donors (Lipinski definition) is 0. The molecule has 128 heavy (non-hydrogen) atoms. The number of halogens is 2. The van der Waals surface area contributed by atoms with Gasteiger partial charge in [-0.05, 0) is 137 Å². The standard InChI is InChI=1S/C110H152F2N4O6S6/c1-11-19-25-29-33-37-41-45-49-53-69-117-105-78(10)101-103(115-127-113-101)97(109(105)119-71-55-51-47-43-39-35-31-27-21-13-3)92-67-65-88(125-92)83-61-62-84(100(112)99(83)111)89-66-68-93(126-89)98-104-102(114-128-116-104)96(108(118-70-54-50-46-42-38-34-30-26-20-12-2)110(98)120-72-56-52-48-44-40-36-32-28-22-14-4)87-76-86-95(91-64-60-82(124-91)75-80(18-8)58-24-16-6)106-85(73-77(9)121-106)94(107(86)122-87)90-63-59-81(123-90)74-79(17-7)57-23-15-5/h59-68,73,76,79-80H,11-58,69-72,74-75H2,1-10H3. The Morgan fingerprint density at radius 2 is 0.609 bits per heavy atom. The van der Waals surface area contributed by atoms with Crippen LogP contribution >= 0.6 is 68.8 Å². The van der Waals surface area contributed by atoms with E-state index in [-0.39, 0.29) is 11.1 Å². The van der Waals surface area contributed by atoms with E-state index in [2.05, 4.69) is 106 Å². The summed E-state index contributed by atoms with van der Waals surface area (Å²) in [5.41, 5.74) is 9.94. The predicted molar refractivity (Wildman–Crippen MR) is 550 cm³/mol. The normalized spacial score (nSPS) is 12.4. The zero-order valence-electron chi connectivity index (χ0n) is 79.7. The number of hydrogen-bond acceptors (Lipinski definition) is 16. The first kappa shape index (κ1) is 100. The number of ether oxygens (including phenoxy) is 4. The van der Waals surface area contributed by atoms with Gasteiger partial charge in [-0.25, -0.2) is 8.78 Å². The topological polar surface area (TPSA) is 115 Å². The van der Waals surface area contributed by atoms with E-state index in [1.807, 2.05) is 46.9 Å². The highest BCUT2D eigenvalue weighted by molar-refractivity contribution is 7.19. The first-order valence-corrected chi connectivity index (χ1v) is 55.7. The average Bonchev–Trinajstić information content (AvgIpc) is 1.55. The van der Waals surface area contributed by atoms with Gasteiger partial charge >= 0.3 is 0 Å². The molecule has 0 N–H and O–H groups in total. The molecule has 2 unspecified atom stereocenters. The van der Waals surface area contributed by atoms with Crippen molar-refractivity contribution in [1.29, 1.82) is 0 Å². The second kappa shape index (κ2) is 54.6. The van der Waals surface area contributed by atoms with Gasteiger partial charge in [0.1, 0.15) is 44.8 Å². The van der Waals surface area contributed by atoms with Crippen LogP contribution in [-0.4, -0.2) is 43.9 Å². The molecule has 12 aromatic rings. The third-order valence-corrected chi connectivity index (χ3v) is 32.1. The minimum Gasteiger partial charge on any atom is -0.489 e. The molecule has 8 heterocycles. The van der Waals surface area contributed by atoms with Crippen LogP contribution in [0.4, 0.5) is 8.78 Å². The van der Waals surface area contributed by atoms with Crippen molar-refractivity contribution < 1.29 is 36.6 Å². The summed E-state index contributed by atoms with van der Waals surface area (Å²) in [5, 5.41) is 2.00. The third-order valence-electron chi connectivity index (χ3n) is 26.5. The second-order valence-electron chi connectivity index (χ2n) is 36.7. The van der Waals surface area contributed by atoms with Crippen LogP contribution in [0, 0.1) is 37.3 Å². The molecule has 0 aliphatic carbocycles. The highest BCUT2D eigenvalue weighted by Gasteiger charge is 2.34. The van der Waals surface area contributed by atoms with Crippen molar-refractivity contribution in [2.45, 2.75) is 390 Å². The van der Waals surface area contributed by atoms with Crippen LogP contribution in [0.3, 0.4) is 0 Å². The van der Waals surface area contributed by atoms with Crippen LogP contribution in [-0.2, 0) is 12.8 Å². The van der Waals surface area contributed by atoms with E-state index in [1.54, 1.807) is 12.1 Å². The van der Waals surface area contributed by atoms with E-state index in [9.17, 15) is 0 Å². The predicted octanol–water partition coefficient (Wildman–Crippen LogP) is 38.7. The Morgan fingerprint density at radius 1 is 0.305 bits per heavy atom. The van der Waals surface area contributed by atoms with Crippen molar-refractivity contribution in [2.75, 3.05) is 26.4 Å². The number of rotatable bonds is 67. The van der Waals surface area contributed by atoms with Gasteiger partial charge in [-0.2, -0.15) is 17.5 Å². The van der Waals surface area contributed by atoms with Gasteiger partial charge in [0.15, 0.2) is 34.6 Å². The fraction of sp³-hybridized carbons (Fsp3) is 0.600. The minimum atomic E-state index is -0.915. The lowest BCUT2D eigenvalue weighted by atomic mass is 9.95. The molecule has 0 radical (unpaired) electrons. The molecule has 0 saturated heterocycles. The summed E-state index contributed by atoms with van der Waals surface area (Å²) in [6.07, 6.45) is 59.9. The highest BCUT2D eigenvalue weighted by Crippen LogP contribution is 2.57. The molecule has 2 atom stereocenters. The molecular formula is C110H152F2N4O6S6. The summed E-state index contributed by atoms with van der Waals surface area (Å²) in [6.45, 7) is 24.5. The lowest BCUT2D eigenvalue weighted by molar-refractivity contribution is 0.258. The Bertz CT molecular complexity index is 5130. The fourth-order valence-corrected chi connectivity index (χ4v) is 24.4. The molecule has 0 saturated carbocycles. The first-order chi connectivity index (χ1) is 62.9. The molecule has 698 valence electrons. The number of thiophene rings is 4. The molecule has 4 aromatic carbocycles. The summed E-state index contributed by atoms with van der Waals surface area (Å²) in [5.74, 6) is 3.32. The molecule has 0 aliphatic heterocycles. The van der Waals surface area contributed by atoms with Gasteiger partial charge in [0.05, 0.1) is 66.6 Å². The third kappa shape index (κ3) is 27.6. The number of fused-ring (bicyclic) bond motifs is 4. The largest absolute Gasteiger partial charge is 0.489 e. The SMILES string of the molecule is CCCCCCCCCCCCOc1c(OCCCCCCCCCCCC)c(-c2ccc(-c3ccc(-c4ccc(-c5c(OCCCCCCCCCCCC)c(OCCCCCCCCCCCC)c(-c6cc7c(-c8ccc(CC(CC)CCCC)s8)c8oc(C)cc8c(-c8ccc(CC(CC)CCCC)s8)c7o6)c6nsnc56)s4)c(F)c3F)s2)c2nsnc2c1C.